The number of hydrogen-bond donors (Lipinski definition) is 1. The zero-order valence-electron chi connectivity index (χ0n) is 24.0. The van der Waals surface area contributed by atoms with Gasteiger partial charge in [-0.15, -0.1) is 0 Å². The van der Waals surface area contributed by atoms with Gasteiger partial charge in [0.25, 0.3) is 5.91 Å². The number of benzene rings is 2. The van der Waals surface area contributed by atoms with E-state index >= 15 is 0 Å². The predicted octanol–water partition coefficient (Wildman–Crippen LogP) is 5.28. The molecule has 2 N–H and O–H groups in total. The highest BCUT2D eigenvalue weighted by Gasteiger charge is 2.31. The fourth-order valence-corrected chi connectivity index (χ4v) is 5.04. The smallest absolute Gasteiger partial charge is 0.416 e. The summed E-state index contributed by atoms with van der Waals surface area (Å²) < 4.78 is 44.6. The average Bonchev–Trinajstić information content (AvgIpc) is 2.91. The van der Waals surface area contributed by atoms with Crippen molar-refractivity contribution < 1.29 is 22.7 Å². The molecule has 2 aromatic carbocycles. The molecule has 216 valence electrons. The summed E-state index contributed by atoms with van der Waals surface area (Å²) in [5.74, 6) is 0.659. The maximum absolute atomic E-state index is 12.9. The topological polar surface area (TPSA) is 62.0 Å². The van der Waals surface area contributed by atoms with Crippen LogP contribution in [0, 0.1) is 13.8 Å². The number of halogens is 3. The van der Waals surface area contributed by atoms with Gasteiger partial charge in [-0.3, -0.25) is 9.69 Å². The number of likely N-dealkylation sites (N-methyl/N-ethyl adjacent to an activating group) is 1. The minimum Gasteiger partial charge on any atom is -0.493 e. The van der Waals surface area contributed by atoms with Crippen LogP contribution in [0.15, 0.2) is 36.4 Å². The average molecular weight is 549 g/mol. The van der Waals surface area contributed by atoms with E-state index < -0.39 is 11.7 Å². The lowest BCUT2D eigenvalue weighted by atomic mass is 9.96. The highest BCUT2D eigenvalue weighted by molar-refractivity contribution is 5.94. The van der Waals surface area contributed by atoms with Crippen LogP contribution in [0.3, 0.4) is 0 Å². The summed E-state index contributed by atoms with van der Waals surface area (Å²) in [6, 6.07) is 9.20. The van der Waals surface area contributed by atoms with E-state index in [2.05, 4.69) is 43.6 Å². The van der Waals surface area contributed by atoms with Crippen LogP contribution in [-0.2, 0) is 6.18 Å². The van der Waals surface area contributed by atoms with Crippen molar-refractivity contribution in [1.82, 2.24) is 14.7 Å². The van der Waals surface area contributed by atoms with E-state index in [-0.39, 0.29) is 23.6 Å². The van der Waals surface area contributed by atoms with Crippen LogP contribution >= 0.6 is 0 Å². The van der Waals surface area contributed by atoms with Gasteiger partial charge in [-0.25, -0.2) is 0 Å². The SMILES string of the molecule is Cc1c(OCCCC(N)C(C)N(C)C)ccc(C(C)N2CCN(C(=O)c3ccc(C(F)(F)F)cc3)CC2)c1C. The van der Waals surface area contributed by atoms with Crippen LogP contribution in [0.5, 0.6) is 5.75 Å². The highest BCUT2D eigenvalue weighted by Crippen LogP contribution is 2.32. The molecule has 1 aliphatic rings. The zero-order valence-corrected chi connectivity index (χ0v) is 24.0. The Morgan fingerprint density at radius 2 is 1.62 bits per heavy atom. The van der Waals surface area contributed by atoms with Gasteiger partial charge >= 0.3 is 6.18 Å². The van der Waals surface area contributed by atoms with Crippen molar-refractivity contribution in [2.45, 2.75) is 64.8 Å². The predicted molar refractivity (Wildman–Crippen MR) is 149 cm³/mol. The summed E-state index contributed by atoms with van der Waals surface area (Å²) in [5, 5.41) is 0. The van der Waals surface area contributed by atoms with Crippen molar-refractivity contribution in [1.29, 1.82) is 0 Å². The van der Waals surface area contributed by atoms with Gasteiger partial charge in [0.1, 0.15) is 5.75 Å². The molecule has 0 radical (unpaired) electrons. The van der Waals surface area contributed by atoms with E-state index in [1.807, 2.05) is 20.2 Å². The molecule has 39 heavy (non-hydrogen) atoms. The Kier molecular flexibility index (Phi) is 10.4. The Hall–Kier alpha value is -2.62. The third-order valence-corrected chi connectivity index (χ3v) is 8.21. The normalized spacial score (nSPS) is 17.3. The molecular weight excluding hydrogens is 505 g/mol. The molecule has 3 rings (SSSR count). The number of piperazine rings is 1. The third kappa shape index (κ3) is 7.74. The lowest BCUT2D eigenvalue weighted by Crippen LogP contribution is -2.49. The molecule has 9 heteroatoms. The summed E-state index contributed by atoms with van der Waals surface area (Å²) >= 11 is 0. The van der Waals surface area contributed by atoms with Gasteiger partial charge in [0.2, 0.25) is 0 Å². The van der Waals surface area contributed by atoms with Gasteiger partial charge in [0.05, 0.1) is 12.2 Å². The van der Waals surface area contributed by atoms with E-state index in [1.54, 1.807) is 4.90 Å². The second-order valence-electron chi connectivity index (χ2n) is 10.8. The van der Waals surface area contributed by atoms with Gasteiger partial charge in [-0.05, 0) is 102 Å². The number of amides is 1. The van der Waals surface area contributed by atoms with E-state index in [0.29, 0.717) is 38.8 Å². The maximum Gasteiger partial charge on any atom is 0.416 e. The number of nitrogens with zero attached hydrogens (tertiary/aromatic N) is 3. The summed E-state index contributed by atoms with van der Waals surface area (Å²) in [5.41, 5.74) is 9.36. The molecule has 0 aliphatic carbocycles. The van der Waals surface area contributed by atoms with Crippen LogP contribution in [-0.4, -0.2) is 79.6 Å². The first-order valence-electron chi connectivity index (χ1n) is 13.7. The van der Waals surface area contributed by atoms with Crippen LogP contribution in [0.1, 0.15) is 65.3 Å². The molecule has 1 saturated heterocycles. The Morgan fingerprint density at radius 3 is 2.18 bits per heavy atom. The molecule has 0 spiro atoms. The molecule has 6 nitrogen and oxygen atoms in total. The second-order valence-corrected chi connectivity index (χ2v) is 10.8. The summed E-state index contributed by atoms with van der Waals surface area (Å²) in [4.78, 5) is 19.0. The molecule has 0 aromatic heterocycles. The van der Waals surface area contributed by atoms with E-state index in [4.69, 9.17) is 10.5 Å². The van der Waals surface area contributed by atoms with Crippen molar-refractivity contribution in [3.8, 4) is 5.75 Å². The lowest BCUT2D eigenvalue weighted by molar-refractivity contribution is -0.137. The first-order chi connectivity index (χ1) is 18.3. The van der Waals surface area contributed by atoms with Crippen molar-refractivity contribution >= 4 is 5.91 Å². The van der Waals surface area contributed by atoms with Gasteiger partial charge in [-0.1, -0.05) is 6.07 Å². The number of nitrogens with two attached hydrogens (primary N) is 1. The Balaban J connectivity index is 1.53. The quantitative estimate of drug-likeness (QED) is 0.410. The van der Waals surface area contributed by atoms with Gasteiger partial charge in [-0.2, -0.15) is 13.2 Å². The molecular formula is C30H43F3N4O2. The van der Waals surface area contributed by atoms with E-state index in [9.17, 15) is 18.0 Å². The standard InChI is InChI=1S/C30H43F3N4O2/c1-20-21(2)28(39-19-7-8-27(34)23(4)35(5)6)14-13-26(20)22(3)36-15-17-37(18-16-36)29(38)24-9-11-25(12-10-24)30(31,32)33/h9-14,22-23,27H,7-8,15-19,34H2,1-6H3. The van der Waals surface area contributed by atoms with Gasteiger partial charge in [0, 0.05) is 49.9 Å². The number of rotatable bonds is 10. The molecule has 0 saturated carbocycles. The second kappa shape index (κ2) is 13.2. The molecule has 0 bridgehead atoms. The van der Waals surface area contributed by atoms with Crippen LogP contribution < -0.4 is 10.5 Å². The maximum atomic E-state index is 12.9. The molecule has 3 atom stereocenters. The molecule has 1 heterocycles. The number of carbonyl (C=O) groups excluding carboxylic acids is 1. The van der Waals surface area contributed by atoms with Crippen molar-refractivity contribution in [2.24, 2.45) is 5.73 Å². The molecule has 2 aromatic rings. The first kappa shape index (κ1) is 30.9. The van der Waals surface area contributed by atoms with Crippen LogP contribution in [0.25, 0.3) is 0 Å². The Bertz CT molecular complexity index is 1100. The monoisotopic (exact) mass is 548 g/mol. The van der Waals surface area contributed by atoms with Crippen LogP contribution in [0.2, 0.25) is 0 Å². The number of alkyl halides is 3. The summed E-state index contributed by atoms with van der Waals surface area (Å²) in [7, 11) is 4.08. The zero-order chi connectivity index (χ0) is 28.9. The fraction of sp³-hybridized carbons (Fsp3) is 0.567. The summed E-state index contributed by atoms with van der Waals surface area (Å²) in [6.07, 6.45) is -2.62. The number of hydrogen-bond acceptors (Lipinski definition) is 5. The van der Waals surface area contributed by atoms with Crippen molar-refractivity contribution in [2.75, 3.05) is 46.9 Å². The third-order valence-electron chi connectivity index (χ3n) is 8.21. The minimum atomic E-state index is -4.41. The van der Waals surface area contributed by atoms with E-state index in [1.165, 1.54) is 23.3 Å². The summed E-state index contributed by atoms with van der Waals surface area (Å²) in [6.45, 7) is 11.6. The molecule has 1 aliphatic heterocycles. The van der Waals surface area contributed by atoms with Crippen molar-refractivity contribution in [3.05, 3.63) is 64.2 Å². The van der Waals surface area contributed by atoms with Gasteiger partial charge < -0.3 is 20.3 Å². The minimum absolute atomic E-state index is 0.111. The Labute approximate surface area is 230 Å². The van der Waals surface area contributed by atoms with E-state index in [0.717, 1.165) is 36.3 Å². The fourth-order valence-electron chi connectivity index (χ4n) is 5.04. The van der Waals surface area contributed by atoms with Gasteiger partial charge in [0.15, 0.2) is 0 Å². The lowest BCUT2D eigenvalue weighted by Gasteiger charge is -2.39. The molecule has 1 amide bonds. The van der Waals surface area contributed by atoms with Crippen LogP contribution in [0.4, 0.5) is 13.2 Å². The molecule has 3 unspecified atom stereocenters. The number of carbonyl (C=O) groups is 1. The molecule has 1 fully saturated rings. The largest absolute Gasteiger partial charge is 0.493 e. The van der Waals surface area contributed by atoms with Crippen molar-refractivity contribution in [3.63, 3.8) is 0 Å². The highest BCUT2D eigenvalue weighted by atomic mass is 19.4. The first-order valence-corrected chi connectivity index (χ1v) is 13.7. The number of ether oxygens (including phenoxy) is 1. The Morgan fingerprint density at radius 1 is 1.00 bits per heavy atom.